The van der Waals surface area contributed by atoms with Crippen LogP contribution in [0.3, 0.4) is 0 Å². The molecule has 1 heterocycles. The maximum Gasteiger partial charge on any atom is 0.336 e. The summed E-state index contributed by atoms with van der Waals surface area (Å²) >= 11 is 0. The lowest BCUT2D eigenvalue weighted by atomic mass is 9.99. The maximum absolute atomic E-state index is 11.6. The van der Waals surface area contributed by atoms with Crippen molar-refractivity contribution in [3.8, 4) is 22.5 Å². The first-order valence-electron chi connectivity index (χ1n) is 7.72. The van der Waals surface area contributed by atoms with Gasteiger partial charge in [-0.15, -0.1) is 6.58 Å². The van der Waals surface area contributed by atoms with Gasteiger partial charge in [-0.3, -0.25) is 0 Å². The largest absolute Gasteiger partial charge is 0.422 e. The molecule has 0 N–H and O–H groups in total. The molecule has 0 atom stereocenters. The van der Waals surface area contributed by atoms with Crippen LogP contribution in [0.4, 0.5) is 0 Å². The summed E-state index contributed by atoms with van der Waals surface area (Å²) in [6.45, 7) is 3.78. The third kappa shape index (κ3) is 2.33. The van der Waals surface area contributed by atoms with Crippen molar-refractivity contribution in [3.05, 3.63) is 94.4 Å². The van der Waals surface area contributed by atoms with E-state index in [1.54, 1.807) is 0 Å². The molecule has 0 spiro atoms. The molecule has 3 aromatic rings. The summed E-state index contributed by atoms with van der Waals surface area (Å²) in [7, 11) is 0. The Morgan fingerprint density at radius 3 is 2.70 bits per heavy atom. The highest BCUT2D eigenvalue weighted by molar-refractivity contribution is 5.79. The van der Waals surface area contributed by atoms with E-state index in [-0.39, 0.29) is 5.63 Å². The Bertz CT molecular complexity index is 964. The summed E-state index contributed by atoms with van der Waals surface area (Å²) in [4.78, 5) is 11.6. The first kappa shape index (κ1) is 13.8. The van der Waals surface area contributed by atoms with Crippen LogP contribution in [-0.4, -0.2) is 0 Å². The molecule has 0 fully saturated rings. The number of benzene rings is 2. The summed E-state index contributed by atoms with van der Waals surface area (Å²) in [5.41, 5.74) is 6.81. The molecule has 0 unspecified atom stereocenters. The van der Waals surface area contributed by atoms with Crippen molar-refractivity contribution < 1.29 is 4.42 Å². The van der Waals surface area contributed by atoms with Gasteiger partial charge in [0.15, 0.2) is 0 Å². The van der Waals surface area contributed by atoms with Gasteiger partial charge in [0.2, 0.25) is 0 Å². The van der Waals surface area contributed by atoms with E-state index in [0.717, 1.165) is 17.5 Å². The summed E-state index contributed by atoms with van der Waals surface area (Å²) < 4.78 is 5.48. The highest BCUT2D eigenvalue weighted by Crippen LogP contribution is 2.38. The lowest BCUT2D eigenvalue weighted by Crippen LogP contribution is -2.00. The normalized spacial score (nSPS) is 11.8. The van der Waals surface area contributed by atoms with Crippen molar-refractivity contribution in [3.63, 3.8) is 0 Å². The topological polar surface area (TPSA) is 30.2 Å². The second kappa shape index (κ2) is 5.40. The second-order valence-corrected chi connectivity index (χ2v) is 5.81. The van der Waals surface area contributed by atoms with Gasteiger partial charge >= 0.3 is 5.63 Å². The summed E-state index contributed by atoms with van der Waals surface area (Å²) in [6, 6.07) is 18.1. The Morgan fingerprint density at radius 1 is 1.00 bits per heavy atom. The van der Waals surface area contributed by atoms with Crippen molar-refractivity contribution in [1.82, 2.24) is 0 Å². The molecular weight excluding hydrogens is 284 g/mol. The van der Waals surface area contributed by atoms with Crippen LogP contribution in [0.2, 0.25) is 0 Å². The predicted octanol–water partition coefficient (Wildman–Crippen LogP) is 4.61. The van der Waals surface area contributed by atoms with Gasteiger partial charge in [-0.05, 0) is 52.8 Å². The third-order valence-corrected chi connectivity index (χ3v) is 4.34. The number of allylic oxidation sites excluding steroid dienone is 1. The van der Waals surface area contributed by atoms with Crippen LogP contribution >= 0.6 is 0 Å². The SMILES string of the molecule is C=CCc1ccc(=O)oc1-c1ccc2c(c1)Cc1ccccc1-2. The third-order valence-electron chi connectivity index (χ3n) is 4.34. The molecule has 0 bridgehead atoms. The minimum absolute atomic E-state index is 0.323. The van der Waals surface area contributed by atoms with Crippen LogP contribution in [0.25, 0.3) is 22.5 Å². The van der Waals surface area contributed by atoms with Crippen molar-refractivity contribution in [2.45, 2.75) is 12.8 Å². The fourth-order valence-electron chi connectivity index (χ4n) is 3.29. The Balaban J connectivity index is 1.84. The van der Waals surface area contributed by atoms with E-state index >= 15 is 0 Å². The van der Waals surface area contributed by atoms with Gasteiger partial charge in [0.25, 0.3) is 0 Å². The van der Waals surface area contributed by atoms with Gasteiger partial charge in [0, 0.05) is 11.6 Å². The average Bonchev–Trinajstić information content (AvgIpc) is 2.94. The van der Waals surface area contributed by atoms with Crippen LogP contribution in [0.15, 0.2) is 76.5 Å². The smallest absolute Gasteiger partial charge is 0.336 e. The highest BCUT2D eigenvalue weighted by atomic mass is 16.4. The Labute approximate surface area is 134 Å². The Kier molecular flexibility index (Phi) is 3.23. The van der Waals surface area contributed by atoms with E-state index in [0.29, 0.717) is 12.2 Å². The predicted molar refractivity (Wildman–Crippen MR) is 92.6 cm³/mol. The van der Waals surface area contributed by atoms with Crippen molar-refractivity contribution in [2.24, 2.45) is 0 Å². The standard InChI is InChI=1S/C21H16O2/c1-2-5-14-9-11-20(22)23-21(14)16-8-10-19-17(13-16)12-15-6-3-4-7-18(15)19/h2-4,6-11,13H,1,5,12H2. The molecule has 0 radical (unpaired) electrons. The van der Waals surface area contributed by atoms with Crippen LogP contribution in [0.5, 0.6) is 0 Å². The van der Waals surface area contributed by atoms with E-state index < -0.39 is 0 Å². The minimum Gasteiger partial charge on any atom is -0.422 e. The van der Waals surface area contributed by atoms with Gasteiger partial charge in [-0.2, -0.15) is 0 Å². The lowest BCUT2D eigenvalue weighted by Gasteiger charge is -2.08. The molecule has 23 heavy (non-hydrogen) atoms. The second-order valence-electron chi connectivity index (χ2n) is 5.81. The van der Waals surface area contributed by atoms with Gasteiger partial charge in [0.1, 0.15) is 5.76 Å². The van der Waals surface area contributed by atoms with Crippen molar-refractivity contribution in [2.75, 3.05) is 0 Å². The molecule has 4 rings (SSSR count). The molecule has 1 aromatic heterocycles. The van der Waals surface area contributed by atoms with Crippen LogP contribution in [-0.2, 0) is 12.8 Å². The first-order chi connectivity index (χ1) is 11.3. The van der Waals surface area contributed by atoms with E-state index in [9.17, 15) is 4.79 Å². The van der Waals surface area contributed by atoms with Crippen molar-refractivity contribution in [1.29, 1.82) is 0 Å². The Morgan fingerprint density at radius 2 is 1.83 bits per heavy atom. The molecule has 0 saturated carbocycles. The van der Waals surface area contributed by atoms with Gasteiger partial charge in [-0.1, -0.05) is 42.5 Å². The average molecular weight is 300 g/mol. The fraction of sp³-hybridized carbons (Fsp3) is 0.0952. The summed E-state index contributed by atoms with van der Waals surface area (Å²) in [6.07, 6.45) is 3.42. The molecule has 0 aliphatic heterocycles. The van der Waals surface area contributed by atoms with Crippen LogP contribution < -0.4 is 5.63 Å². The zero-order valence-electron chi connectivity index (χ0n) is 12.7. The lowest BCUT2D eigenvalue weighted by molar-refractivity contribution is 0.521. The van der Waals surface area contributed by atoms with Crippen LogP contribution in [0.1, 0.15) is 16.7 Å². The summed E-state index contributed by atoms with van der Waals surface area (Å²) in [5.74, 6) is 0.649. The van der Waals surface area contributed by atoms with Crippen molar-refractivity contribution >= 4 is 0 Å². The summed E-state index contributed by atoms with van der Waals surface area (Å²) in [5, 5.41) is 0. The fourth-order valence-corrected chi connectivity index (χ4v) is 3.29. The molecule has 2 heteroatoms. The quantitative estimate of drug-likeness (QED) is 0.517. The first-order valence-corrected chi connectivity index (χ1v) is 7.72. The van der Waals surface area contributed by atoms with Crippen LogP contribution in [0, 0.1) is 0 Å². The highest BCUT2D eigenvalue weighted by Gasteiger charge is 2.19. The number of rotatable bonds is 3. The van der Waals surface area contributed by atoms with Gasteiger partial charge in [0.05, 0.1) is 0 Å². The maximum atomic E-state index is 11.6. The van der Waals surface area contributed by atoms with Gasteiger partial charge in [-0.25, -0.2) is 4.79 Å². The van der Waals surface area contributed by atoms with Gasteiger partial charge < -0.3 is 4.42 Å². The molecule has 2 aromatic carbocycles. The zero-order valence-corrected chi connectivity index (χ0v) is 12.7. The van der Waals surface area contributed by atoms with E-state index in [1.807, 2.05) is 18.2 Å². The molecular formula is C21H16O2. The molecule has 1 aliphatic rings. The number of hydrogen-bond acceptors (Lipinski definition) is 2. The number of hydrogen-bond donors (Lipinski definition) is 0. The molecule has 0 amide bonds. The molecule has 112 valence electrons. The minimum atomic E-state index is -0.323. The monoisotopic (exact) mass is 300 g/mol. The molecule has 0 saturated heterocycles. The molecule has 1 aliphatic carbocycles. The van der Waals surface area contributed by atoms with E-state index in [4.69, 9.17) is 4.42 Å². The zero-order chi connectivity index (χ0) is 15.8. The van der Waals surface area contributed by atoms with E-state index in [2.05, 4.69) is 43.0 Å². The van der Waals surface area contributed by atoms with E-state index in [1.165, 1.54) is 28.3 Å². The molecule has 2 nitrogen and oxygen atoms in total. The number of fused-ring (bicyclic) bond motifs is 3. The Hall–Kier alpha value is -2.87.